The van der Waals surface area contributed by atoms with Gasteiger partial charge in [0.25, 0.3) is 0 Å². The number of carbonyl (C=O) groups is 3. The molecule has 1 atom stereocenters. The smallest absolute Gasteiger partial charge is 0.306 e. The van der Waals surface area contributed by atoms with E-state index in [9.17, 15) is 14.4 Å². The maximum Gasteiger partial charge on any atom is 0.306 e. The van der Waals surface area contributed by atoms with E-state index in [-0.39, 0.29) is 44.0 Å². The lowest BCUT2D eigenvalue weighted by atomic mass is 10.1. The maximum atomic E-state index is 12.9. The van der Waals surface area contributed by atoms with Crippen LogP contribution in [0.2, 0.25) is 0 Å². The van der Waals surface area contributed by atoms with Crippen LogP contribution in [0.5, 0.6) is 0 Å². The summed E-state index contributed by atoms with van der Waals surface area (Å²) in [6.45, 7) is 6.25. The van der Waals surface area contributed by atoms with Gasteiger partial charge in [0.1, 0.15) is 13.2 Å². The third-order valence-corrected chi connectivity index (χ3v) is 11.4. The average Bonchev–Trinajstić information content (AvgIpc) is 3.39. The van der Waals surface area contributed by atoms with Gasteiger partial charge in [-0.05, 0) is 109 Å². The van der Waals surface area contributed by atoms with Crippen molar-refractivity contribution in [1.82, 2.24) is 0 Å². The van der Waals surface area contributed by atoms with Gasteiger partial charge in [0.05, 0.1) is 0 Å². The van der Waals surface area contributed by atoms with Crippen molar-refractivity contribution in [3.05, 3.63) is 170 Å². The summed E-state index contributed by atoms with van der Waals surface area (Å²) < 4.78 is 16.8. The zero-order valence-corrected chi connectivity index (χ0v) is 46.3. The Bertz CT molecular complexity index is 1720. The summed E-state index contributed by atoms with van der Waals surface area (Å²) >= 11 is 0. The first-order chi connectivity index (χ1) is 36.0. The van der Waals surface area contributed by atoms with Crippen molar-refractivity contribution in [3.63, 3.8) is 0 Å². The highest BCUT2D eigenvalue weighted by Gasteiger charge is 2.19. The monoisotopic (exact) mass is 1000 g/mol. The van der Waals surface area contributed by atoms with Gasteiger partial charge in [0, 0.05) is 19.3 Å². The van der Waals surface area contributed by atoms with Gasteiger partial charge in [-0.25, -0.2) is 0 Å². The number of rotatable bonds is 49. The van der Waals surface area contributed by atoms with Crippen molar-refractivity contribution < 1.29 is 28.6 Å². The molecule has 0 bridgehead atoms. The predicted octanol–water partition coefficient (Wildman–Crippen LogP) is 19.5. The number of hydrogen-bond acceptors (Lipinski definition) is 6. The number of allylic oxidation sites excluding steroid dienone is 28. The average molecular weight is 1000 g/mol. The van der Waals surface area contributed by atoms with Crippen molar-refractivity contribution in [3.8, 4) is 0 Å². The van der Waals surface area contributed by atoms with E-state index in [1.807, 2.05) is 72.9 Å². The Labute approximate surface area is 447 Å². The first-order valence-corrected chi connectivity index (χ1v) is 28.7. The standard InChI is InChI=1S/C67H102O6/c1-4-7-10-13-16-19-22-25-28-31-33-36-39-42-45-48-51-54-57-60-66(69)72-63-64(62-71-65(68)59-56-53-50-47-44-41-38-35-30-27-24-21-18-15-12-9-6-3)73-67(70)61-58-55-52-49-46-43-40-37-34-32-29-26-23-20-17-14-11-8-5-2/h7-8,10-11,13,16-22,25-31,33,36,38-39,41-42,45,47,50,64H,4-6,9,12,14-15,23-24,32,34-35,37,40,43-44,46,48-49,51-63H2,1-3H3/b10-7-,11-8-,16-13-,20-17-,21-18-,22-19-,28-25-,29-26-,30-27-,33-31+,39-36-,41-38-,45-42-,50-47-. The van der Waals surface area contributed by atoms with Crippen molar-refractivity contribution in [2.45, 2.75) is 219 Å². The highest BCUT2D eigenvalue weighted by molar-refractivity contribution is 5.71. The van der Waals surface area contributed by atoms with Crippen molar-refractivity contribution >= 4 is 17.9 Å². The van der Waals surface area contributed by atoms with Gasteiger partial charge in [-0.3, -0.25) is 14.4 Å². The van der Waals surface area contributed by atoms with E-state index in [0.717, 1.165) is 96.3 Å². The third kappa shape index (κ3) is 57.5. The number of esters is 3. The zero-order valence-electron chi connectivity index (χ0n) is 46.3. The molecule has 0 aromatic carbocycles. The Balaban J connectivity index is 4.61. The van der Waals surface area contributed by atoms with Crippen molar-refractivity contribution in [2.75, 3.05) is 13.2 Å². The molecule has 6 nitrogen and oxygen atoms in total. The molecular weight excluding hydrogens is 901 g/mol. The van der Waals surface area contributed by atoms with Crippen LogP contribution in [0.15, 0.2) is 170 Å². The highest BCUT2D eigenvalue weighted by Crippen LogP contribution is 2.14. The molecule has 0 aromatic rings. The summed E-state index contributed by atoms with van der Waals surface area (Å²) in [6.07, 6.45) is 87.7. The minimum atomic E-state index is -0.833. The molecule has 0 rings (SSSR count). The second-order valence-electron chi connectivity index (χ2n) is 18.3. The molecule has 0 aliphatic rings. The number of carbonyl (C=O) groups excluding carboxylic acids is 3. The van der Waals surface area contributed by atoms with Gasteiger partial charge in [0.2, 0.25) is 0 Å². The molecule has 0 N–H and O–H groups in total. The third-order valence-electron chi connectivity index (χ3n) is 11.4. The lowest BCUT2D eigenvalue weighted by Crippen LogP contribution is -2.30. The molecule has 0 amide bonds. The summed E-state index contributed by atoms with van der Waals surface area (Å²) in [5.74, 6) is -1.04. The van der Waals surface area contributed by atoms with Crippen LogP contribution in [-0.4, -0.2) is 37.2 Å². The Morgan fingerprint density at radius 3 is 1.07 bits per heavy atom. The molecule has 0 aromatic heterocycles. The quantitative estimate of drug-likeness (QED) is 0.0199. The first kappa shape index (κ1) is 67.8. The zero-order chi connectivity index (χ0) is 52.9. The first-order valence-electron chi connectivity index (χ1n) is 28.7. The lowest BCUT2D eigenvalue weighted by molar-refractivity contribution is -0.167. The van der Waals surface area contributed by atoms with Crippen LogP contribution >= 0.6 is 0 Å². The highest BCUT2D eigenvalue weighted by atomic mass is 16.6. The maximum absolute atomic E-state index is 12.9. The minimum absolute atomic E-state index is 0.130. The van der Waals surface area contributed by atoms with Gasteiger partial charge < -0.3 is 14.2 Å². The van der Waals surface area contributed by atoms with E-state index in [0.29, 0.717) is 19.3 Å². The molecule has 0 heterocycles. The predicted molar refractivity (Wildman–Crippen MR) is 315 cm³/mol. The Hall–Kier alpha value is -5.23. The summed E-state index contributed by atoms with van der Waals surface area (Å²) in [7, 11) is 0. The number of hydrogen-bond donors (Lipinski definition) is 0. The second kappa shape index (κ2) is 59.3. The molecule has 73 heavy (non-hydrogen) atoms. The molecular formula is C67H102O6. The van der Waals surface area contributed by atoms with Crippen molar-refractivity contribution in [2.24, 2.45) is 0 Å². The van der Waals surface area contributed by atoms with Gasteiger partial charge in [0.15, 0.2) is 6.10 Å². The van der Waals surface area contributed by atoms with Crippen LogP contribution in [0.3, 0.4) is 0 Å². The molecule has 0 fully saturated rings. The van der Waals surface area contributed by atoms with Crippen LogP contribution in [0.1, 0.15) is 213 Å². The van der Waals surface area contributed by atoms with Gasteiger partial charge in [-0.15, -0.1) is 0 Å². The fourth-order valence-corrected chi connectivity index (χ4v) is 7.14. The van der Waals surface area contributed by atoms with E-state index in [2.05, 4.69) is 118 Å². The molecule has 406 valence electrons. The molecule has 0 radical (unpaired) electrons. The van der Waals surface area contributed by atoms with Crippen LogP contribution in [0, 0.1) is 0 Å². The molecule has 1 unspecified atom stereocenters. The van der Waals surface area contributed by atoms with Gasteiger partial charge in [-0.1, -0.05) is 255 Å². The van der Waals surface area contributed by atoms with Crippen molar-refractivity contribution in [1.29, 1.82) is 0 Å². The van der Waals surface area contributed by atoms with Gasteiger partial charge >= 0.3 is 17.9 Å². The molecule has 0 aliphatic heterocycles. The fraction of sp³-hybridized carbons (Fsp3) is 0.537. The molecule has 0 spiro atoms. The summed E-state index contributed by atoms with van der Waals surface area (Å²) in [5, 5.41) is 0. The van der Waals surface area contributed by atoms with E-state index in [1.54, 1.807) is 0 Å². The normalized spacial score (nSPS) is 13.4. The van der Waals surface area contributed by atoms with Crippen LogP contribution < -0.4 is 0 Å². The SMILES string of the molecule is CC\C=C/C=C\C=C/C=C\C=C\C=C/C=C\CCCCCC(=O)OCC(COC(=O)CCC/C=C\C/C=C\C/C=C\C/C=C\CCCCC)OC(=O)CCCCCCCCCCC/C=C\C/C=C\C/C=C\CC. The number of ether oxygens (including phenoxy) is 3. The van der Waals surface area contributed by atoms with Gasteiger partial charge in [-0.2, -0.15) is 0 Å². The van der Waals surface area contributed by atoms with E-state index < -0.39 is 6.10 Å². The molecule has 0 saturated heterocycles. The summed E-state index contributed by atoms with van der Waals surface area (Å²) in [6, 6.07) is 0. The Kier molecular flexibility index (Phi) is 55.1. The summed E-state index contributed by atoms with van der Waals surface area (Å²) in [4.78, 5) is 38.2. The van der Waals surface area contributed by atoms with Crippen LogP contribution in [0.25, 0.3) is 0 Å². The van der Waals surface area contributed by atoms with Crippen LogP contribution in [0.4, 0.5) is 0 Å². The lowest BCUT2D eigenvalue weighted by Gasteiger charge is -2.18. The summed E-state index contributed by atoms with van der Waals surface area (Å²) in [5.41, 5.74) is 0. The number of unbranched alkanes of at least 4 members (excludes halogenated alkanes) is 16. The minimum Gasteiger partial charge on any atom is -0.462 e. The van der Waals surface area contributed by atoms with Crippen LogP contribution in [-0.2, 0) is 28.6 Å². The van der Waals surface area contributed by atoms with E-state index >= 15 is 0 Å². The van der Waals surface area contributed by atoms with E-state index in [4.69, 9.17) is 14.2 Å². The fourth-order valence-electron chi connectivity index (χ4n) is 7.14. The Morgan fingerprint density at radius 2 is 0.616 bits per heavy atom. The largest absolute Gasteiger partial charge is 0.462 e. The molecule has 0 saturated carbocycles. The molecule has 6 heteroatoms. The Morgan fingerprint density at radius 1 is 0.301 bits per heavy atom. The van der Waals surface area contributed by atoms with E-state index in [1.165, 1.54) is 64.2 Å². The molecule has 0 aliphatic carbocycles. The second-order valence-corrected chi connectivity index (χ2v) is 18.3. The topological polar surface area (TPSA) is 78.9 Å².